The van der Waals surface area contributed by atoms with Crippen LogP contribution in [-0.2, 0) is 11.2 Å². The summed E-state index contributed by atoms with van der Waals surface area (Å²) in [5.74, 6) is 0.755. The Hall–Kier alpha value is -3.39. The first-order chi connectivity index (χ1) is 11.7. The highest BCUT2D eigenvalue weighted by Crippen LogP contribution is 2.22. The Kier molecular flexibility index (Phi) is 4.39. The highest BCUT2D eigenvalue weighted by Gasteiger charge is 2.15. The van der Waals surface area contributed by atoms with Crippen LogP contribution in [0.1, 0.15) is 17.0 Å². The summed E-state index contributed by atoms with van der Waals surface area (Å²) >= 11 is 0. The predicted octanol–water partition coefficient (Wildman–Crippen LogP) is 3.70. The van der Waals surface area contributed by atoms with E-state index in [4.69, 9.17) is 9.68 Å². The van der Waals surface area contributed by atoms with Crippen molar-refractivity contribution >= 4 is 11.6 Å². The standard InChI is InChI=1S/C19H15N3O2/c1-13-17(24-19(21-13)14-7-3-2-4-8-14)11-18(23)22-16-10-6-5-9-15(16)12-20/h2-10H,11H2,1H3,(H,22,23). The Labute approximate surface area is 139 Å². The number of hydrogen-bond donors (Lipinski definition) is 1. The van der Waals surface area contributed by atoms with Crippen molar-refractivity contribution in [3.05, 3.63) is 71.6 Å². The number of amides is 1. The maximum Gasteiger partial charge on any atom is 0.232 e. The summed E-state index contributed by atoms with van der Waals surface area (Å²) in [4.78, 5) is 16.6. The van der Waals surface area contributed by atoms with Crippen molar-refractivity contribution in [1.82, 2.24) is 4.98 Å². The molecular formula is C19H15N3O2. The number of carbonyl (C=O) groups excluding carboxylic acids is 1. The van der Waals surface area contributed by atoms with Crippen molar-refractivity contribution in [3.63, 3.8) is 0 Å². The number of para-hydroxylation sites is 1. The van der Waals surface area contributed by atoms with Crippen molar-refractivity contribution in [2.45, 2.75) is 13.3 Å². The van der Waals surface area contributed by atoms with Crippen LogP contribution in [0.2, 0.25) is 0 Å². The number of nitrogens with one attached hydrogen (secondary N) is 1. The van der Waals surface area contributed by atoms with E-state index >= 15 is 0 Å². The lowest BCUT2D eigenvalue weighted by molar-refractivity contribution is -0.115. The summed E-state index contributed by atoms with van der Waals surface area (Å²) in [6.45, 7) is 1.81. The third kappa shape index (κ3) is 3.33. The molecule has 0 spiro atoms. The fraction of sp³-hybridized carbons (Fsp3) is 0.105. The van der Waals surface area contributed by atoms with Crippen molar-refractivity contribution in [2.75, 3.05) is 5.32 Å². The second kappa shape index (κ2) is 6.80. The lowest BCUT2D eigenvalue weighted by atomic mass is 10.2. The van der Waals surface area contributed by atoms with E-state index in [9.17, 15) is 4.79 Å². The van der Waals surface area contributed by atoms with Gasteiger partial charge < -0.3 is 9.73 Å². The number of anilines is 1. The molecule has 5 heteroatoms. The van der Waals surface area contributed by atoms with Gasteiger partial charge in [0.25, 0.3) is 0 Å². The van der Waals surface area contributed by atoms with Crippen molar-refractivity contribution < 1.29 is 9.21 Å². The number of rotatable bonds is 4. The Morgan fingerprint density at radius 2 is 1.88 bits per heavy atom. The minimum Gasteiger partial charge on any atom is -0.440 e. The smallest absolute Gasteiger partial charge is 0.232 e. The van der Waals surface area contributed by atoms with E-state index in [2.05, 4.69) is 16.4 Å². The summed E-state index contributed by atoms with van der Waals surface area (Å²) in [5.41, 5.74) is 2.45. The molecule has 1 heterocycles. The van der Waals surface area contributed by atoms with Gasteiger partial charge in [0.15, 0.2) is 0 Å². The molecule has 0 saturated carbocycles. The fourth-order valence-corrected chi connectivity index (χ4v) is 2.33. The largest absolute Gasteiger partial charge is 0.440 e. The van der Waals surface area contributed by atoms with Gasteiger partial charge in [0.2, 0.25) is 11.8 Å². The van der Waals surface area contributed by atoms with Gasteiger partial charge in [0.1, 0.15) is 11.8 Å². The molecular weight excluding hydrogens is 302 g/mol. The first kappa shape index (κ1) is 15.5. The Morgan fingerprint density at radius 3 is 2.62 bits per heavy atom. The van der Waals surface area contributed by atoms with E-state index in [1.165, 1.54) is 0 Å². The zero-order chi connectivity index (χ0) is 16.9. The van der Waals surface area contributed by atoms with Gasteiger partial charge in [0, 0.05) is 5.56 Å². The van der Waals surface area contributed by atoms with Gasteiger partial charge in [0.05, 0.1) is 23.4 Å². The highest BCUT2D eigenvalue weighted by molar-refractivity contribution is 5.93. The molecule has 5 nitrogen and oxygen atoms in total. The Morgan fingerprint density at radius 1 is 1.17 bits per heavy atom. The minimum absolute atomic E-state index is 0.0609. The third-order valence-corrected chi connectivity index (χ3v) is 3.56. The molecule has 118 valence electrons. The molecule has 1 amide bonds. The Bertz CT molecular complexity index is 908. The molecule has 2 aromatic carbocycles. The zero-order valence-corrected chi connectivity index (χ0v) is 13.1. The van der Waals surface area contributed by atoms with Crippen LogP contribution in [0.25, 0.3) is 11.5 Å². The molecule has 24 heavy (non-hydrogen) atoms. The lowest BCUT2D eigenvalue weighted by Crippen LogP contribution is -2.15. The van der Waals surface area contributed by atoms with E-state index < -0.39 is 0 Å². The number of hydrogen-bond acceptors (Lipinski definition) is 4. The molecule has 1 aromatic heterocycles. The molecule has 0 saturated heterocycles. The maximum atomic E-state index is 12.2. The number of benzene rings is 2. The average Bonchev–Trinajstić information content (AvgIpc) is 2.97. The number of nitrogens with zero attached hydrogens (tertiary/aromatic N) is 2. The molecule has 0 aliphatic carbocycles. The highest BCUT2D eigenvalue weighted by atomic mass is 16.4. The van der Waals surface area contributed by atoms with E-state index in [1.54, 1.807) is 24.3 Å². The normalized spacial score (nSPS) is 10.2. The number of carbonyl (C=O) groups is 1. The van der Waals surface area contributed by atoms with Crippen molar-refractivity contribution in [2.24, 2.45) is 0 Å². The fourth-order valence-electron chi connectivity index (χ4n) is 2.33. The van der Waals surface area contributed by atoms with Gasteiger partial charge in [-0.3, -0.25) is 4.79 Å². The van der Waals surface area contributed by atoms with Crippen LogP contribution >= 0.6 is 0 Å². The van der Waals surface area contributed by atoms with Crippen LogP contribution in [0.5, 0.6) is 0 Å². The minimum atomic E-state index is -0.253. The predicted molar refractivity (Wildman–Crippen MR) is 90.2 cm³/mol. The summed E-state index contributed by atoms with van der Waals surface area (Å²) in [6, 6.07) is 18.4. The second-order valence-electron chi connectivity index (χ2n) is 5.28. The monoisotopic (exact) mass is 317 g/mol. The summed E-state index contributed by atoms with van der Waals surface area (Å²) in [5, 5.41) is 11.8. The second-order valence-corrected chi connectivity index (χ2v) is 5.28. The first-order valence-electron chi connectivity index (χ1n) is 7.48. The van der Waals surface area contributed by atoms with Crippen LogP contribution in [0.3, 0.4) is 0 Å². The Balaban J connectivity index is 1.76. The average molecular weight is 317 g/mol. The molecule has 0 aliphatic heterocycles. The maximum absolute atomic E-state index is 12.2. The van der Waals surface area contributed by atoms with E-state index in [0.29, 0.717) is 28.6 Å². The van der Waals surface area contributed by atoms with Crippen LogP contribution in [0.15, 0.2) is 59.0 Å². The van der Waals surface area contributed by atoms with Crippen LogP contribution in [0.4, 0.5) is 5.69 Å². The topological polar surface area (TPSA) is 78.9 Å². The number of oxazole rings is 1. The van der Waals surface area contributed by atoms with Crippen LogP contribution in [-0.4, -0.2) is 10.9 Å². The third-order valence-electron chi connectivity index (χ3n) is 3.56. The van der Waals surface area contributed by atoms with Gasteiger partial charge in [-0.1, -0.05) is 30.3 Å². The van der Waals surface area contributed by atoms with Gasteiger partial charge in [-0.25, -0.2) is 4.98 Å². The van der Waals surface area contributed by atoms with Crippen LogP contribution < -0.4 is 5.32 Å². The number of aromatic nitrogens is 1. The first-order valence-corrected chi connectivity index (χ1v) is 7.48. The van der Waals surface area contributed by atoms with E-state index in [-0.39, 0.29) is 12.3 Å². The molecule has 0 fully saturated rings. The zero-order valence-electron chi connectivity index (χ0n) is 13.1. The summed E-state index contributed by atoms with van der Waals surface area (Å²) in [7, 11) is 0. The molecule has 0 aliphatic rings. The molecule has 0 bridgehead atoms. The number of aryl methyl sites for hydroxylation is 1. The van der Waals surface area contributed by atoms with Gasteiger partial charge in [-0.05, 0) is 31.2 Å². The molecule has 3 aromatic rings. The van der Waals surface area contributed by atoms with Gasteiger partial charge in [-0.15, -0.1) is 0 Å². The van der Waals surface area contributed by atoms with E-state index in [1.807, 2.05) is 37.3 Å². The lowest BCUT2D eigenvalue weighted by Gasteiger charge is -2.05. The molecule has 1 N–H and O–H groups in total. The van der Waals surface area contributed by atoms with E-state index in [0.717, 1.165) is 5.56 Å². The molecule has 0 unspecified atom stereocenters. The molecule has 0 radical (unpaired) electrons. The summed E-state index contributed by atoms with van der Waals surface area (Å²) in [6.07, 6.45) is 0.0609. The SMILES string of the molecule is Cc1nc(-c2ccccc2)oc1CC(=O)Nc1ccccc1C#N. The molecule has 0 atom stereocenters. The molecule has 3 rings (SSSR count). The quantitative estimate of drug-likeness (QED) is 0.795. The number of nitriles is 1. The van der Waals surface area contributed by atoms with Gasteiger partial charge >= 0.3 is 0 Å². The van der Waals surface area contributed by atoms with Crippen molar-refractivity contribution in [3.8, 4) is 17.5 Å². The van der Waals surface area contributed by atoms with Crippen molar-refractivity contribution in [1.29, 1.82) is 5.26 Å². The van der Waals surface area contributed by atoms with Crippen LogP contribution in [0, 0.1) is 18.3 Å². The van der Waals surface area contributed by atoms with Gasteiger partial charge in [-0.2, -0.15) is 5.26 Å². The summed E-state index contributed by atoms with van der Waals surface area (Å²) < 4.78 is 5.73.